The van der Waals surface area contributed by atoms with E-state index < -0.39 is 17.7 Å². The Labute approximate surface area is 195 Å². The van der Waals surface area contributed by atoms with E-state index in [2.05, 4.69) is 20.6 Å². The molecule has 1 amide bonds. The molecule has 9 heteroatoms. The number of benzene rings is 2. The van der Waals surface area contributed by atoms with E-state index in [9.17, 15) is 13.6 Å². The molecular weight excluding hydrogens is 438 g/mol. The first kappa shape index (κ1) is 21.9. The summed E-state index contributed by atoms with van der Waals surface area (Å²) in [6, 6.07) is 11.6. The van der Waals surface area contributed by atoms with E-state index in [1.54, 1.807) is 15.9 Å². The second kappa shape index (κ2) is 9.17. The largest absolute Gasteiger partial charge is 0.350 e. The van der Waals surface area contributed by atoms with E-state index in [0.717, 1.165) is 35.4 Å². The number of fused-ring (bicyclic) bond motifs is 1. The fourth-order valence-electron chi connectivity index (χ4n) is 4.37. The summed E-state index contributed by atoms with van der Waals surface area (Å²) in [5, 5.41) is 13.0. The van der Waals surface area contributed by atoms with Crippen LogP contribution in [-0.4, -0.2) is 46.1 Å². The first-order valence-corrected chi connectivity index (χ1v) is 11.2. The van der Waals surface area contributed by atoms with Gasteiger partial charge < -0.3 is 9.88 Å². The average molecular weight is 463 g/mol. The van der Waals surface area contributed by atoms with Crippen molar-refractivity contribution in [1.82, 2.24) is 19.9 Å². The standard InChI is InChI=1S/C25H24F2N6O/c1-32-23(11-16-5-3-2-4-6-16)24(30-31-32)25(34)28-14-17-7-9-18(10-8-17)33-15-29-21-12-19(26)20(27)13-22(21)33/h2-7,9,12-13,15,23-24H,8,10-11,14H2,1H3,(H,28,34). The van der Waals surface area contributed by atoms with Crippen LogP contribution in [0, 0.1) is 11.6 Å². The first-order valence-electron chi connectivity index (χ1n) is 11.2. The Morgan fingerprint density at radius 3 is 2.68 bits per heavy atom. The number of carbonyl (C=O) groups excluding carboxylic acids is 1. The molecule has 1 N–H and O–H groups in total. The molecule has 0 fully saturated rings. The Balaban J connectivity index is 1.23. The van der Waals surface area contributed by atoms with Crippen LogP contribution in [0.2, 0.25) is 0 Å². The van der Waals surface area contributed by atoms with Crippen LogP contribution in [0.5, 0.6) is 0 Å². The van der Waals surface area contributed by atoms with Gasteiger partial charge >= 0.3 is 0 Å². The molecule has 5 rings (SSSR count). The highest BCUT2D eigenvalue weighted by Gasteiger charge is 2.36. The molecule has 174 valence electrons. The minimum Gasteiger partial charge on any atom is -0.350 e. The average Bonchev–Trinajstić information content (AvgIpc) is 3.42. The third-order valence-corrected chi connectivity index (χ3v) is 6.32. The molecule has 0 spiro atoms. The summed E-state index contributed by atoms with van der Waals surface area (Å²) in [5.74, 6) is -1.96. The Morgan fingerprint density at radius 1 is 1.12 bits per heavy atom. The van der Waals surface area contributed by atoms with Gasteiger partial charge in [0.2, 0.25) is 5.91 Å². The van der Waals surface area contributed by atoms with Crippen molar-refractivity contribution >= 4 is 22.6 Å². The Morgan fingerprint density at radius 2 is 1.91 bits per heavy atom. The zero-order valence-corrected chi connectivity index (χ0v) is 18.7. The number of rotatable bonds is 6. The summed E-state index contributed by atoms with van der Waals surface area (Å²) in [5.41, 5.74) is 4.06. The molecule has 2 heterocycles. The molecule has 7 nitrogen and oxygen atoms in total. The predicted molar refractivity (Wildman–Crippen MR) is 125 cm³/mol. The van der Waals surface area contributed by atoms with Crippen LogP contribution in [-0.2, 0) is 11.2 Å². The molecule has 2 aromatic carbocycles. The monoisotopic (exact) mass is 462 g/mol. The van der Waals surface area contributed by atoms with Crippen LogP contribution in [0.1, 0.15) is 18.4 Å². The topological polar surface area (TPSA) is 74.9 Å². The second-order valence-corrected chi connectivity index (χ2v) is 8.55. The van der Waals surface area contributed by atoms with E-state index in [-0.39, 0.29) is 11.9 Å². The number of likely N-dealkylation sites (N-methyl/N-ethyl adjacent to an activating group) is 1. The van der Waals surface area contributed by atoms with E-state index in [1.165, 1.54) is 0 Å². The molecule has 34 heavy (non-hydrogen) atoms. The van der Waals surface area contributed by atoms with Gasteiger partial charge in [-0.2, -0.15) is 5.11 Å². The highest BCUT2D eigenvalue weighted by Crippen LogP contribution is 2.27. The number of nitrogens with one attached hydrogen (secondary N) is 1. The lowest BCUT2D eigenvalue weighted by molar-refractivity contribution is -0.122. The fraction of sp³-hybridized carbons (Fsp3) is 0.280. The van der Waals surface area contributed by atoms with Crippen LogP contribution in [0.15, 0.2) is 76.9 Å². The molecule has 2 unspecified atom stereocenters. The summed E-state index contributed by atoms with van der Waals surface area (Å²) in [6.07, 6.45) is 7.55. The third-order valence-electron chi connectivity index (χ3n) is 6.32. The van der Waals surface area contributed by atoms with Crippen molar-refractivity contribution in [1.29, 1.82) is 0 Å². The maximum absolute atomic E-state index is 13.7. The SMILES string of the molecule is CN1N=NC(C(=O)NCC2=CC=C(n3cnc4cc(F)c(F)cc43)CC2)C1Cc1ccccc1. The zero-order valence-electron chi connectivity index (χ0n) is 18.7. The molecule has 1 aromatic heterocycles. The lowest BCUT2D eigenvalue weighted by atomic mass is 9.98. The van der Waals surface area contributed by atoms with Crippen LogP contribution in [0.4, 0.5) is 8.78 Å². The predicted octanol–water partition coefficient (Wildman–Crippen LogP) is 4.28. The number of carbonyl (C=O) groups is 1. The smallest absolute Gasteiger partial charge is 0.249 e. The van der Waals surface area contributed by atoms with E-state index in [4.69, 9.17) is 0 Å². The van der Waals surface area contributed by atoms with Crippen LogP contribution < -0.4 is 5.32 Å². The van der Waals surface area contributed by atoms with Crippen molar-refractivity contribution in [3.05, 3.63) is 83.7 Å². The summed E-state index contributed by atoms with van der Waals surface area (Å²) >= 11 is 0. The summed E-state index contributed by atoms with van der Waals surface area (Å²) in [7, 11) is 1.83. The van der Waals surface area contributed by atoms with E-state index in [0.29, 0.717) is 30.4 Å². The number of hydrogen-bond acceptors (Lipinski definition) is 5. The summed E-state index contributed by atoms with van der Waals surface area (Å²) < 4.78 is 28.9. The number of allylic oxidation sites excluding steroid dienone is 3. The van der Waals surface area contributed by atoms with E-state index in [1.807, 2.05) is 49.5 Å². The van der Waals surface area contributed by atoms with Gasteiger partial charge in [-0.25, -0.2) is 13.8 Å². The normalized spacial score (nSPS) is 19.9. The molecule has 3 aromatic rings. The number of nitrogens with zero attached hydrogens (tertiary/aromatic N) is 5. The molecule has 0 saturated carbocycles. The lowest BCUT2D eigenvalue weighted by Crippen LogP contribution is -2.45. The van der Waals surface area contributed by atoms with Crippen molar-refractivity contribution in [2.75, 3.05) is 13.6 Å². The number of imidazole rings is 1. The van der Waals surface area contributed by atoms with Gasteiger partial charge in [0.05, 0.1) is 17.1 Å². The van der Waals surface area contributed by atoms with Gasteiger partial charge in [0.25, 0.3) is 0 Å². The molecule has 2 aliphatic rings. The number of halogens is 2. The third kappa shape index (κ3) is 4.33. The van der Waals surface area contributed by atoms with Gasteiger partial charge in [0.1, 0.15) is 6.33 Å². The van der Waals surface area contributed by atoms with Gasteiger partial charge in [0.15, 0.2) is 17.7 Å². The van der Waals surface area contributed by atoms with Crippen molar-refractivity contribution in [2.24, 2.45) is 10.3 Å². The van der Waals surface area contributed by atoms with Gasteiger partial charge in [-0.15, -0.1) is 0 Å². The Hall–Kier alpha value is -3.88. The van der Waals surface area contributed by atoms with Gasteiger partial charge in [-0.05, 0) is 30.9 Å². The highest BCUT2D eigenvalue weighted by atomic mass is 19.2. The molecule has 0 bridgehead atoms. The minimum absolute atomic E-state index is 0.131. The van der Waals surface area contributed by atoms with Crippen molar-refractivity contribution < 1.29 is 13.6 Å². The highest BCUT2D eigenvalue weighted by molar-refractivity contribution is 5.83. The molecular formula is C25H24F2N6O. The van der Waals surface area contributed by atoms with E-state index >= 15 is 0 Å². The number of amides is 1. The zero-order chi connectivity index (χ0) is 23.7. The van der Waals surface area contributed by atoms with Crippen molar-refractivity contribution in [3.63, 3.8) is 0 Å². The quantitative estimate of drug-likeness (QED) is 0.594. The van der Waals surface area contributed by atoms with Gasteiger partial charge in [-0.3, -0.25) is 9.80 Å². The number of aromatic nitrogens is 2. The lowest BCUT2D eigenvalue weighted by Gasteiger charge is -2.22. The summed E-state index contributed by atoms with van der Waals surface area (Å²) in [4.78, 5) is 17.1. The Kier molecular flexibility index (Phi) is 5.91. The first-order chi connectivity index (χ1) is 16.5. The second-order valence-electron chi connectivity index (χ2n) is 8.55. The number of hydrogen-bond donors (Lipinski definition) is 1. The van der Waals surface area contributed by atoms with Gasteiger partial charge in [0, 0.05) is 31.4 Å². The molecule has 2 atom stereocenters. The molecule has 0 saturated heterocycles. The maximum Gasteiger partial charge on any atom is 0.249 e. The van der Waals surface area contributed by atoms with Crippen LogP contribution >= 0.6 is 0 Å². The van der Waals surface area contributed by atoms with Crippen LogP contribution in [0.3, 0.4) is 0 Å². The molecule has 0 radical (unpaired) electrons. The minimum atomic E-state index is -0.910. The fourth-order valence-corrected chi connectivity index (χ4v) is 4.37. The summed E-state index contributed by atoms with van der Waals surface area (Å²) in [6.45, 7) is 0.418. The van der Waals surface area contributed by atoms with Crippen molar-refractivity contribution in [2.45, 2.75) is 31.3 Å². The molecule has 1 aliphatic heterocycles. The maximum atomic E-state index is 13.7. The molecule has 1 aliphatic carbocycles. The van der Waals surface area contributed by atoms with Crippen LogP contribution in [0.25, 0.3) is 16.7 Å². The Bertz CT molecular complexity index is 1310. The van der Waals surface area contributed by atoms with Gasteiger partial charge in [-0.1, -0.05) is 47.2 Å². The van der Waals surface area contributed by atoms with Crippen molar-refractivity contribution in [3.8, 4) is 0 Å².